The van der Waals surface area contributed by atoms with Crippen molar-refractivity contribution in [2.24, 2.45) is 5.73 Å². The molecule has 0 bridgehead atoms. The summed E-state index contributed by atoms with van der Waals surface area (Å²) in [5.74, 6) is -0.0600. The van der Waals surface area contributed by atoms with Crippen molar-refractivity contribution in [2.75, 3.05) is 13.1 Å². The summed E-state index contributed by atoms with van der Waals surface area (Å²) in [7, 11) is 0. The van der Waals surface area contributed by atoms with Gasteiger partial charge in [-0.05, 0) is 55.8 Å². The van der Waals surface area contributed by atoms with Gasteiger partial charge in [0, 0.05) is 51.9 Å². The number of hydrogen-bond acceptors (Lipinski definition) is 3. The lowest BCUT2D eigenvalue weighted by atomic mass is 10.0. The van der Waals surface area contributed by atoms with Gasteiger partial charge in [-0.3, -0.25) is 9.69 Å². The van der Waals surface area contributed by atoms with E-state index in [4.69, 9.17) is 17.3 Å². The average Bonchev–Trinajstić information content (AvgIpc) is 3.28. The van der Waals surface area contributed by atoms with Gasteiger partial charge in [0.2, 0.25) is 0 Å². The number of hydrogen-bond donors (Lipinski definition) is 3. The first-order chi connectivity index (χ1) is 13.6. The molecule has 1 saturated heterocycles. The number of carbonyl (C=O) groups excluding carboxylic acids is 1. The van der Waals surface area contributed by atoms with E-state index in [0.29, 0.717) is 23.2 Å². The lowest BCUT2D eigenvalue weighted by Crippen LogP contribution is -2.39. The Morgan fingerprint density at radius 2 is 1.96 bits per heavy atom. The number of carbonyl (C=O) groups is 1. The van der Waals surface area contributed by atoms with Crippen molar-refractivity contribution in [1.82, 2.24) is 15.2 Å². The SMILES string of the molecule is NC1CCN(Cc2ccc3[nH]c(-c4ccc(Cl)c5c4C(=O)NC5)cc3c2)CC1. The van der Waals surface area contributed by atoms with Gasteiger partial charge in [-0.1, -0.05) is 23.7 Å². The van der Waals surface area contributed by atoms with E-state index >= 15 is 0 Å². The molecule has 3 aromatic rings. The Hall–Kier alpha value is -2.34. The smallest absolute Gasteiger partial charge is 0.252 e. The number of aromatic nitrogens is 1. The molecule has 2 aliphatic heterocycles. The van der Waals surface area contributed by atoms with Crippen LogP contribution in [-0.4, -0.2) is 34.9 Å². The standard InChI is InChI=1S/C22H23ClN4O/c23-18-3-2-16(21-17(18)11-25-22(21)28)20-10-14-9-13(1-4-19(14)26-20)12-27-7-5-15(24)6-8-27/h1-4,9-10,15,26H,5-8,11-12,24H2,(H,25,28). The highest BCUT2D eigenvalue weighted by Crippen LogP contribution is 2.34. The second-order valence-corrected chi connectivity index (χ2v) is 8.26. The van der Waals surface area contributed by atoms with E-state index in [2.05, 4.69) is 39.5 Å². The number of rotatable bonds is 3. The largest absolute Gasteiger partial charge is 0.355 e. The number of nitrogens with one attached hydrogen (secondary N) is 2. The first-order valence-electron chi connectivity index (χ1n) is 9.78. The van der Waals surface area contributed by atoms with Crippen molar-refractivity contribution in [3.8, 4) is 11.3 Å². The number of aromatic amines is 1. The van der Waals surface area contributed by atoms with Crippen LogP contribution in [0.1, 0.15) is 34.3 Å². The lowest BCUT2D eigenvalue weighted by Gasteiger charge is -2.30. The molecule has 5 nitrogen and oxygen atoms in total. The third kappa shape index (κ3) is 3.09. The van der Waals surface area contributed by atoms with Gasteiger partial charge in [-0.2, -0.15) is 0 Å². The molecule has 1 fully saturated rings. The summed E-state index contributed by atoms with van der Waals surface area (Å²) < 4.78 is 0. The topological polar surface area (TPSA) is 74.1 Å². The van der Waals surface area contributed by atoms with Gasteiger partial charge in [0.15, 0.2) is 0 Å². The quantitative estimate of drug-likeness (QED) is 0.634. The second kappa shape index (κ2) is 6.92. The molecule has 28 heavy (non-hydrogen) atoms. The molecule has 144 valence electrons. The van der Waals surface area contributed by atoms with E-state index in [1.54, 1.807) is 0 Å². The van der Waals surface area contributed by atoms with Crippen molar-refractivity contribution in [3.05, 3.63) is 58.1 Å². The predicted octanol–water partition coefficient (Wildman–Crippen LogP) is 3.65. The van der Waals surface area contributed by atoms with E-state index in [1.165, 1.54) is 5.56 Å². The molecule has 2 aromatic carbocycles. The molecule has 0 unspecified atom stereocenters. The third-order valence-electron chi connectivity index (χ3n) is 5.92. The normalized spacial score (nSPS) is 17.9. The van der Waals surface area contributed by atoms with Crippen molar-refractivity contribution in [1.29, 1.82) is 0 Å². The zero-order valence-electron chi connectivity index (χ0n) is 15.6. The van der Waals surface area contributed by atoms with E-state index < -0.39 is 0 Å². The molecule has 2 aliphatic rings. The Kier molecular flexibility index (Phi) is 4.38. The maximum absolute atomic E-state index is 12.3. The van der Waals surface area contributed by atoms with Crippen LogP contribution in [0.4, 0.5) is 0 Å². The van der Waals surface area contributed by atoms with Crippen LogP contribution in [0.15, 0.2) is 36.4 Å². The molecule has 0 atom stereocenters. The Morgan fingerprint density at radius 1 is 1.14 bits per heavy atom. The van der Waals surface area contributed by atoms with Gasteiger partial charge < -0.3 is 16.0 Å². The molecule has 5 rings (SSSR count). The number of piperidine rings is 1. The molecule has 1 aromatic heterocycles. The van der Waals surface area contributed by atoms with Crippen LogP contribution in [0.3, 0.4) is 0 Å². The Bertz CT molecular complexity index is 1070. The first-order valence-corrected chi connectivity index (χ1v) is 10.2. The van der Waals surface area contributed by atoms with Crippen LogP contribution < -0.4 is 11.1 Å². The molecule has 3 heterocycles. The predicted molar refractivity (Wildman–Crippen MR) is 112 cm³/mol. The van der Waals surface area contributed by atoms with Crippen molar-refractivity contribution in [3.63, 3.8) is 0 Å². The van der Waals surface area contributed by atoms with E-state index in [-0.39, 0.29) is 5.91 Å². The molecule has 1 amide bonds. The number of nitrogens with two attached hydrogens (primary N) is 1. The average molecular weight is 395 g/mol. The summed E-state index contributed by atoms with van der Waals surface area (Å²) in [6.45, 7) is 3.56. The summed E-state index contributed by atoms with van der Waals surface area (Å²) in [6.07, 6.45) is 2.14. The van der Waals surface area contributed by atoms with Crippen LogP contribution in [0.2, 0.25) is 5.02 Å². The zero-order chi connectivity index (χ0) is 19.3. The summed E-state index contributed by atoms with van der Waals surface area (Å²) >= 11 is 6.28. The maximum atomic E-state index is 12.3. The lowest BCUT2D eigenvalue weighted by molar-refractivity contribution is 0.0966. The molecule has 0 spiro atoms. The molecule has 0 saturated carbocycles. The number of halogens is 1. The zero-order valence-corrected chi connectivity index (χ0v) is 16.4. The summed E-state index contributed by atoms with van der Waals surface area (Å²) in [5, 5.41) is 4.67. The summed E-state index contributed by atoms with van der Waals surface area (Å²) in [6, 6.07) is 12.8. The second-order valence-electron chi connectivity index (χ2n) is 7.85. The van der Waals surface area contributed by atoms with Gasteiger partial charge in [-0.25, -0.2) is 0 Å². The van der Waals surface area contributed by atoms with Crippen LogP contribution in [0, 0.1) is 0 Å². The molecule has 4 N–H and O–H groups in total. The number of benzene rings is 2. The van der Waals surface area contributed by atoms with E-state index in [9.17, 15) is 4.79 Å². The molecular weight excluding hydrogens is 372 g/mol. The minimum atomic E-state index is -0.0600. The fourth-order valence-corrected chi connectivity index (χ4v) is 4.56. The van der Waals surface area contributed by atoms with Crippen LogP contribution in [0.25, 0.3) is 22.2 Å². The first kappa shape index (κ1) is 17.7. The maximum Gasteiger partial charge on any atom is 0.252 e. The van der Waals surface area contributed by atoms with Crippen molar-refractivity contribution in [2.45, 2.75) is 32.0 Å². The van der Waals surface area contributed by atoms with Gasteiger partial charge in [0.05, 0.1) is 5.56 Å². The van der Waals surface area contributed by atoms with Gasteiger partial charge in [0.25, 0.3) is 5.91 Å². The monoisotopic (exact) mass is 394 g/mol. The molecular formula is C22H23ClN4O. The van der Waals surface area contributed by atoms with Gasteiger partial charge in [0.1, 0.15) is 0 Å². The van der Waals surface area contributed by atoms with Crippen LogP contribution >= 0.6 is 11.6 Å². The summed E-state index contributed by atoms with van der Waals surface area (Å²) in [4.78, 5) is 18.3. The highest BCUT2D eigenvalue weighted by molar-refractivity contribution is 6.32. The van der Waals surface area contributed by atoms with Crippen LogP contribution in [0.5, 0.6) is 0 Å². The highest BCUT2D eigenvalue weighted by atomic mass is 35.5. The Balaban J connectivity index is 1.47. The number of amides is 1. The van der Waals surface area contributed by atoms with E-state index in [1.807, 2.05) is 12.1 Å². The molecule has 6 heteroatoms. The molecule has 0 aliphatic carbocycles. The third-order valence-corrected chi connectivity index (χ3v) is 6.28. The number of likely N-dealkylation sites (tertiary alicyclic amines) is 1. The number of fused-ring (bicyclic) bond motifs is 2. The Morgan fingerprint density at radius 3 is 2.79 bits per heavy atom. The fourth-order valence-electron chi connectivity index (χ4n) is 4.33. The van der Waals surface area contributed by atoms with Crippen molar-refractivity contribution >= 4 is 28.4 Å². The van der Waals surface area contributed by atoms with Crippen molar-refractivity contribution < 1.29 is 4.79 Å². The summed E-state index contributed by atoms with van der Waals surface area (Å²) in [5.41, 5.74) is 11.8. The van der Waals surface area contributed by atoms with Gasteiger partial charge >= 0.3 is 0 Å². The molecule has 0 radical (unpaired) electrons. The fraction of sp³-hybridized carbons (Fsp3) is 0.318. The number of nitrogens with zero attached hydrogens (tertiary/aromatic N) is 1. The Labute approximate surface area is 168 Å². The van der Waals surface area contributed by atoms with Gasteiger partial charge in [-0.15, -0.1) is 0 Å². The highest BCUT2D eigenvalue weighted by Gasteiger charge is 2.26. The minimum absolute atomic E-state index is 0.0600. The number of H-pyrrole nitrogens is 1. The van der Waals surface area contributed by atoms with E-state index in [0.717, 1.165) is 60.2 Å². The minimum Gasteiger partial charge on any atom is -0.355 e. The van der Waals surface area contributed by atoms with Crippen LogP contribution in [-0.2, 0) is 13.1 Å².